The second kappa shape index (κ2) is 5.45. The molecule has 1 atom stereocenters. The van der Waals surface area contributed by atoms with Gasteiger partial charge in [0.15, 0.2) is 6.29 Å². The molecular weight excluding hydrogens is 206 g/mol. The fourth-order valence-corrected chi connectivity index (χ4v) is 2.82. The predicted octanol–water partition coefficient (Wildman–Crippen LogP) is 1.27. The van der Waals surface area contributed by atoms with Crippen LogP contribution in [0.1, 0.15) is 39.0 Å². The summed E-state index contributed by atoms with van der Waals surface area (Å²) in [6.07, 6.45) is 4.40. The highest BCUT2D eigenvalue weighted by Gasteiger charge is 2.48. The Morgan fingerprint density at radius 3 is 2.19 bits per heavy atom. The van der Waals surface area contributed by atoms with Gasteiger partial charge in [-0.05, 0) is 19.8 Å². The van der Waals surface area contributed by atoms with Crippen molar-refractivity contribution in [1.82, 2.24) is 0 Å². The first-order valence-corrected chi connectivity index (χ1v) is 5.99. The van der Waals surface area contributed by atoms with Gasteiger partial charge in [-0.15, -0.1) is 0 Å². The number of nitrogens with two attached hydrogens (primary N) is 1. The third kappa shape index (κ3) is 2.56. The van der Waals surface area contributed by atoms with Gasteiger partial charge in [0.1, 0.15) is 0 Å². The Morgan fingerprint density at radius 2 is 1.81 bits per heavy atom. The molecule has 0 aromatic carbocycles. The lowest BCUT2D eigenvalue weighted by Crippen LogP contribution is -2.51. The van der Waals surface area contributed by atoms with E-state index < -0.39 is 5.60 Å². The molecule has 1 saturated carbocycles. The molecule has 0 radical (unpaired) electrons. The molecule has 16 heavy (non-hydrogen) atoms. The Bertz CT molecular complexity index is 208. The highest BCUT2D eigenvalue weighted by atomic mass is 16.7. The van der Waals surface area contributed by atoms with Crippen LogP contribution in [0.25, 0.3) is 0 Å². The lowest BCUT2D eigenvalue weighted by Gasteiger charge is -2.43. The molecule has 0 heterocycles. The second-order valence-electron chi connectivity index (χ2n) is 5.07. The van der Waals surface area contributed by atoms with Crippen molar-refractivity contribution in [3.63, 3.8) is 0 Å². The summed E-state index contributed by atoms with van der Waals surface area (Å²) in [6, 6.07) is 0. The summed E-state index contributed by atoms with van der Waals surface area (Å²) < 4.78 is 10.3. The van der Waals surface area contributed by atoms with E-state index in [2.05, 4.69) is 0 Å². The van der Waals surface area contributed by atoms with Crippen LogP contribution in [0.15, 0.2) is 0 Å². The van der Waals surface area contributed by atoms with E-state index in [0.717, 1.165) is 25.7 Å². The van der Waals surface area contributed by atoms with Crippen LogP contribution in [0.4, 0.5) is 0 Å². The predicted molar refractivity (Wildman–Crippen MR) is 63.0 cm³/mol. The average Bonchev–Trinajstić information content (AvgIpc) is 2.76. The second-order valence-corrected chi connectivity index (χ2v) is 5.07. The van der Waals surface area contributed by atoms with Gasteiger partial charge in [-0.3, -0.25) is 0 Å². The Hall–Kier alpha value is -0.160. The molecule has 96 valence electrons. The maximum absolute atomic E-state index is 10.7. The van der Waals surface area contributed by atoms with Crippen molar-refractivity contribution in [3.05, 3.63) is 0 Å². The molecule has 0 spiro atoms. The zero-order valence-electron chi connectivity index (χ0n) is 10.7. The van der Waals surface area contributed by atoms with Crippen molar-refractivity contribution in [1.29, 1.82) is 0 Å². The Kier molecular flexibility index (Phi) is 4.73. The summed E-state index contributed by atoms with van der Waals surface area (Å²) in [4.78, 5) is 0. The summed E-state index contributed by atoms with van der Waals surface area (Å²) in [5, 5.41) is 10.7. The van der Waals surface area contributed by atoms with E-state index in [1.54, 1.807) is 14.2 Å². The molecule has 0 bridgehead atoms. The smallest absolute Gasteiger partial charge is 0.159 e. The highest BCUT2D eigenvalue weighted by Crippen LogP contribution is 2.47. The van der Waals surface area contributed by atoms with Gasteiger partial charge in [0, 0.05) is 32.6 Å². The normalized spacial score (nSPS) is 23.6. The molecule has 0 aromatic heterocycles. The van der Waals surface area contributed by atoms with Crippen LogP contribution in [0.3, 0.4) is 0 Å². The van der Waals surface area contributed by atoms with Gasteiger partial charge in [-0.25, -0.2) is 0 Å². The third-order valence-corrected chi connectivity index (χ3v) is 4.18. The topological polar surface area (TPSA) is 64.7 Å². The van der Waals surface area contributed by atoms with Crippen LogP contribution < -0.4 is 5.73 Å². The minimum Gasteiger partial charge on any atom is -0.389 e. The third-order valence-electron chi connectivity index (χ3n) is 4.18. The molecule has 0 saturated heterocycles. The van der Waals surface area contributed by atoms with Crippen molar-refractivity contribution in [2.45, 2.75) is 50.9 Å². The van der Waals surface area contributed by atoms with Crippen LogP contribution in [-0.4, -0.2) is 37.8 Å². The first-order chi connectivity index (χ1) is 7.51. The van der Waals surface area contributed by atoms with Crippen molar-refractivity contribution < 1.29 is 14.6 Å². The van der Waals surface area contributed by atoms with Gasteiger partial charge < -0.3 is 20.3 Å². The monoisotopic (exact) mass is 231 g/mol. The SMILES string of the molecule is COC(CC(C)(O)C1(CN)CCCC1)OC. The van der Waals surface area contributed by atoms with Crippen molar-refractivity contribution >= 4 is 0 Å². The molecule has 0 aliphatic heterocycles. The van der Waals surface area contributed by atoms with Crippen LogP contribution in [0.5, 0.6) is 0 Å². The molecule has 0 amide bonds. The largest absolute Gasteiger partial charge is 0.389 e. The number of rotatable bonds is 6. The summed E-state index contributed by atoms with van der Waals surface area (Å²) in [5.74, 6) is 0. The van der Waals surface area contributed by atoms with Gasteiger partial charge in [0.05, 0.1) is 5.60 Å². The van der Waals surface area contributed by atoms with Gasteiger partial charge in [0.2, 0.25) is 0 Å². The summed E-state index contributed by atoms with van der Waals surface area (Å²) in [6.45, 7) is 2.39. The standard InChI is InChI=1S/C12H25NO3/c1-11(14,8-10(15-2)16-3)12(9-13)6-4-5-7-12/h10,14H,4-9,13H2,1-3H3. The van der Waals surface area contributed by atoms with E-state index in [1.165, 1.54) is 0 Å². The molecule has 4 heteroatoms. The maximum Gasteiger partial charge on any atom is 0.159 e. The molecule has 1 fully saturated rings. The Balaban J connectivity index is 2.73. The molecular formula is C12H25NO3. The van der Waals surface area contributed by atoms with Crippen molar-refractivity contribution in [3.8, 4) is 0 Å². The first-order valence-electron chi connectivity index (χ1n) is 5.99. The fourth-order valence-electron chi connectivity index (χ4n) is 2.82. The number of ether oxygens (including phenoxy) is 2. The lowest BCUT2D eigenvalue weighted by molar-refractivity contribution is -0.168. The van der Waals surface area contributed by atoms with Crippen LogP contribution >= 0.6 is 0 Å². The lowest BCUT2D eigenvalue weighted by atomic mass is 9.69. The van der Waals surface area contributed by atoms with Gasteiger partial charge >= 0.3 is 0 Å². The molecule has 4 nitrogen and oxygen atoms in total. The average molecular weight is 231 g/mol. The number of aliphatic hydroxyl groups is 1. The highest BCUT2D eigenvalue weighted by molar-refractivity contribution is 5.00. The van der Waals surface area contributed by atoms with E-state index >= 15 is 0 Å². The minimum absolute atomic E-state index is 0.164. The van der Waals surface area contributed by atoms with Gasteiger partial charge in [-0.2, -0.15) is 0 Å². The van der Waals surface area contributed by atoms with E-state index in [1.807, 2.05) is 6.92 Å². The fraction of sp³-hybridized carbons (Fsp3) is 1.00. The van der Waals surface area contributed by atoms with E-state index in [-0.39, 0.29) is 11.7 Å². The summed E-state index contributed by atoms with van der Waals surface area (Å²) in [7, 11) is 3.18. The maximum atomic E-state index is 10.7. The molecule has 1 aliphatic carbocycles. The van der Waals surface area contributed by atoms with E-state index in [9.17, 15) is 5.11 Å². The first kappa shape index (κ1) is 13.9. The van der Waals surface area contributed by atoms with E-state index in [4.69, 9.17) is 15.2 Å². The zero-order valence-corrected chi connectivity index (χ0v) is 10.7. The number of methoxy groups -OCH3 is 2. The summed E-state index contributed by atoms with van der Waals surface area (Å²) >= 11 is 0. The van der Waals surface area contributed by atoms with Crippen molar-refractivity contribution in [2.24, 2.45) is 11.1 Å². The molecule has 0 aromatic rings. The van der Waals surface area contributed by atoms with E-state index in [0.29, 0.717) is 13.0 Å². The van der Waals surface area contributed by atoms with Crippen LogP contribution in [-0.2, 0) is 9.47 Å². The Labute approximate surface area is 98.1 Å². The van der Waals surface area contributed by atoms with Gasteiger partial charge in [-0.1, -0.05) is 12.8 Å². The molecule has 1 unspecified atom stereocenters. The summed E-state index contributed by atoms with van der Waals surface area (Å²) in [5.41, 5.74) is 4.88. The number of hydrogen-bond acceptors (Lipinski definition) is 4. The molecule has 1 aliphatic rings. The van der Waals surface area contributed by atoms with Crippen LogP contribution in [0, 0.1) is 5.41 Å². The molecule has 1 rings (SSSR count). The minimum atomic E-state index is -0.824. The Morgan fingerprint density at radius 1 is 1.31 bits per heavy atom. The van der Waals surface area contributed by atoms with Gasteiger partial charge in [0.25, 0.3) is 0 Å². The zero-order chi connectivity index (χ0) is 12.2. The molecule has 3 N–H and O–H groups in total. The van der Waals surface area contributed by atoms with Crippen LogP contribution in [0.2, 0.25) is 0 Å². The number of hydrogen-bond donors (Lipinski definition) is 2. The van der Waals surface area contributed by atoms with Crippen molar-refractivity contribution in [2.75, 3.05) is 20.8 Å². The quantitative estimate of drug-likeness (QED) is 0.676.